The van der Waals surface area contributed by atoms with Crippen LogP contribution in [0.15, 0.2) is 18.2 Å². The molecule has 4 N–H and O–H groups in total. The number of rotatable bonds is 7. The molecule has 3 rings (SSSR count). The first-order valence-corrected chi connectivity index (χ1v) is 9.41. The highest BCUT2D eigenvalue weighted by molar-refractivity contribution is 5.91. The van der Waals surface area contributed by atoms with E-state index in [1.165, 1.54) is 14.2 Å². The van der Waals surface area contributed by atoms with Crippen molar-refractivity contribution < 1.29 is 54.1 Å². The Kier molecular flexibility index (Phi) is 7.25. The van der Waals surface area contributed by atoms with Gasteiger partial charge < -0.3 is 38.8 Å². The third-order valence-corrected chi connectivity index (χ3v) is 4.90. The number of carbonyl (C=O) groups is 1. The number of methoxy groups -OCH3 is 2. The van der Waals surface area contributed by atoms with Crippen LogP contribution in [0.4, 0.5) is 11.4 Å². The van der Waals surface area contributed by atoms with E-state index in [2.05, 4.69) is 0 Å². The summed E-state index contributed by atoms with van der Waals surface area (Å²) in [5, 5.41) is 38.4. The summed E-state index contributed by atoms with van der Waals surface area (Å²) in [5.74, 6) is -1.94. The van der Waals surface area contributed by atoms with E-state index >= 15 is 0 Å². The molecule has 1 aromatic carbocycles. The zero-order chi connectivity index (χ0) is 22.9. The number of benzene rings is 1. The van der Waals surface area contributed by atoms with Crippen LogP contribution >= 0.6 is 0 Å². The second-order valence-electron chi connectivity index (χ2n) is 7.58. The first-order valence-electron chi connectivity index (χ1n) is 9.41. The zero-order valence-corrected chi connectivity index (χ0v) is 17.4. The maximum atomic E-state index is 12.9. The van der Waals surface area contributed by atoms with Gasteiger partial charge in [-0.15, -0.1) is 0 Å². The SMILES string of the molecule is COCC1OC(OC)C2OC(C)(C)OC2C1OC(=O)c1cc([NH+]([O-])O)cc([NH+]([O-])O)c1. The number of nitrogens with one attached hydrogen (secondary N) is 2. The Morgan fingerprint density at radius 2 is 1.68 bits per heavy atom. The van der Waals surface area contributed by atoms with Gasteiger partial charge in [-0.25, -0.2) is 15.2 Å². The van der Waals surface area contributed by atoms with Crippen LogP contribution < -0.4 is 10.5 Å². The van der Waals surface area contributed by atoms with Crippen LogP contribution in [0.25, 0.3) is 0 Å². The quantitative estimate of drug-likeness (QED) is 0.286. The second kappa shape index (κ2) is 9.40. The van der Waals surface area contributed by atoms with Gasteiger partial charge in [-0.1, -0.05) is 0 Å². The molecule has 174 valence electrons. The fraction of sp³-hybridized carbons (Fsp3) is 0.611. The van der Waals surface area contributed by atoms with Crippen LogP contribution in [0, 0.1) is 10.4 Å². The topological polar surface area (TPSA) is 168 Å². The highest BCUT2D eigenvalue weighted by Gasteiger charge is 2.57. The first kappa shape index (κ1) is 23.9. The average Bonchev–Trinajstić information content (AvgIpc) is 3.04. The minimum atomic E-state index is -1.38. The van der Waals surface area contributed by atoms with Gasteiger partial charge in [-0.2, -0.15) is 10.5 Å². The summed E-state index contributed by atoms with van der Waals surface area (Å²) in [6, 6.07) is 3.03. The summed E-state index contributed by atoms with van der Waals surface area (Å²) < 4.78 is 33.7. The van der Waals surface area contributed by atoms with Crippen molar-refractivity contribution in [2.45, 2.75) is 50.3 Å². The summed E-state index contributed by atoms with van der Waals surface area (Å²) in [6.45, 7) is 3.43. The molecule has 7 unspecified atom stereocenters. The number of hydrogen-bond acceptors (Lipinski definition) is 11. The molecule has 0 amide bonds. The molecule has 0 radical (unpaired) electrons. The van der Waals surface area contributed by atoms with Crippen molar-refractivity contribution in [2.24, 2.45) is 0 Å². The van der Waals surface area contributed by atoms with Gasteiger partial charge in [0, 0.05) is 26.4 Å². The number of fused-ring (bicyclic) bond motifs is 1. The number of hydrogen-bond donors (Lipinski definition) is 4. The van der Waals surface area contributed by atoms with Crippen molar-refractivity contribution >= 4 is 17.3 Å². The lowest BCUT2D eigenvalue weighted by Crippen LogP contribution is -3.00. The third-order valence-electron chi connectivity index (χ3n) is 4.90. The molecule has 2 fully saturated rings. The maximum absolute atomic E-state index is 12.9. The normalized spacial score (nSPS) is 31.7. The molecule has 0 bridgehead atoms. The van der Waals surface area contributed by atoms with E-state index in [0.717, 1.165) is 18.2 Å². The molecule has 0 aromatic heterocycles. The molecular formula is C18H26N2O11. The molecule has 2 aliphatic heterocycles. The Morgan fingerprint density at radius 1 is 1.10 bits per heavy atom. The molecule has 13 nitrogen and oxygen atoms in total. The van der Waals surface area contributed by atoms with Crippen molar-refractivity contribution in [3.05, 3.63) is 34.2 Å². The average molecular weight is 446 g/mol. The lowest BCUT2D eigenvalue weighted by Gasteiger charge is -2.40. The van der Waals surface area contributed by atoms with Crippen molar-refractivity contribution in [1.82, 2.24) is 0 Å². The summed E-state index contributed by atoms with van der Waals surface area (Å²) in [6.07, 6.45) is -4.03. The van der Waals surface area contributed by atoms with E-state index in [0.29, 0.717) is 0 Å². The van der Waals surface area contributed by atoms with Crippen molar-refractivity contribution in [2.75, 3.05) is 20.8 Å². The van der Waals surface area contributed by atoms with Gasteiger partial charge in [0.25, 0.3) is 0 Å². The van der Waals surface area contributed by atoms with Crippen molar-refractivity contribution in [3.63, 3.8) is 0 Å². The Morgan fingerprint density at radius 3 is 2.19 bits per heavy atom. The van der Waals surface area contributed by atoms with Crippen LogP contribution in [-0.2, 0) is 28.4 Å². The Hall–Kier alpha value is -1.75. The predicted octanol–water partition coefficient (Wildman–Crippen LogP) is -1.44. The molecule has 0 saturated carbocycles. The smallest absolute Gasteiger partial charge is 0.339 e. The minimum Gasteiger partial charge on any atom is -0.595 e. The van der Waals surface area contributed by atoms with Crippen LogP contribution in [0.2, 0.25) is 0 Å². The molecule has 2 aliphatic rings. The fourth-order valence-corrected chi connectivity index (χ4v) is 3.64. The van der Waals surface area contributed by atoms with E-state index in [4.69, 9.17) is 28.4 Å². The van der Waals surface area contributed by atoms with E-state index in [9.17, 15) is 25.6 Å². The number of quaternary nitrogens is 2. The molecule has 1 aromatic rings. The van der Waals surface area contributed by atoms with Crippen LogP contribution in [0.3, 0.4) is 0 Å². The molecule has 0 spiro atoms. The Bertz CT molecular complexity index is 762. The molecule has 2 saturated heterocycles. The third kappa shape index (κ3) is 5.19. The van der Waals surface area contributed by atoms with Gasteiger partial charge in [-0.3, -0.25) is 0 Å². The van der Waals surface area contributed by atoms with Gasteiger partial charge in [0.15, 0.2) is 29.6 Å². The lowest BCUT2D eigenvalue weighted by atomic mass is 9.99. The van der Waals surface area contributed by atoms with E-state index < -0.39 is 52.9 Å². The highest BCUT2D eigenvalue weighted by atomic mass is 16.8. The van der Waals surface area contributed by atoms with Crippen LogP contribution in [-0.4, -0.2) is 73.7 Å². The molecule has 0 aliphatic carbocycles. The van der Waals surface area contributed by atoms with Gasteiger partial charge in [-0.05, 0) is 13.8 Å². The maximum Gasteiger partial charge on any atom is 0.339 e. The van der Waals surface area contributed by atoms with E-state index in [1.54, 1.807) is 13.8 Å². The van der Waals surface area contributed by atoms with Gasteiger partial charge >= 0.3 is 5.97 Å². The lowest BCUT2D eigenvalue weighted by molar-refractivity contribution is -0.996. The number of esters is 1. The van der Waals surface area contributed by atoms with Crippen LogP contribution in [0.5, 0.6) is 0 Å². The van der Waals surface area contributed by atoms with Gasteiger partial charge in [0.05, 0.1) is 18.2 Å². The Labute approximate surface area is 177 Å². The van der Waals surface area contributed by atoms with E-state index in [-0.39, 0.29) is 23.5 Å². The summed E-state index contributed by atoms with van der Waals surface area (Å²) in [7, 11) is 2.89. The van der Waals surface area contributed by atoms with Gasteiger partial charge in [0.1, 0.15) is 18.3 Å². The molecule has 7 atom stereocenters. The number of carbonyl (C=O) groups excluding carboxylic acids is 1. The standard InChI is InChI=1S/C18H26N2O11/c1-18(2)30-14-13(12(8-26-3)28-17(27-4)15(14)31-18)29-16(21)9-5-10(19(22)23)7-11(6-9)20(24)25/h5-7,12-15,17,19-20,22,24H,8H2,1-4H3. The minimum absolute atomic E-state index is 0.0420. The molecule has 2 heterocycles. The van der Waals surface area contributed by atoms with Crippen molar-refractivity contribution in [1.29, 1.82) is 0 Å². The highest BCUT2D eigenvalue weighted by Crippen LogP contribution is 2.39. The van der Waals surface area contributed by atoms with Crippen molar-refractivity contribution in [3.8, 4) is 0 Å². The predicted molar refractivity (Wildman–Crippen MR) is 98.6 cm³/mol. The summed E-state index contributed by atoms with van der Waals surface area (Å²) in [5.41, 5.74) is -0.963. The second-order valence-corrected chi connectivity index (χ2v) is 7.58. The molecule has 31 heavy (non-hydrogen) atoms. The van der Waals surface area contributed by atoms with Crippen LogP contribution in [0.1, 0.15) is 24.2 Å². The summed E-state index contributed by atoms with van der Waals surface area (Å²) in [4.78, 5) is 12.9. The fourth-order valence-electron chi connectivity index (χ4n) is 3.64. The molecular weight excluding hydrogens is 420 g/mol. The van der Waals surface area contributed by atoms with E-state index in [1.807, 2.05) is 0 Å². The molecule has 13 heteroatoms. The zero-order valence-electron chi connectivity index (χ0n) is 17.4. The summed E-state index contributed by atoms with van der Waals surface area (Å²) >= 11 is 0. The first-order chi connectivity index (χ1) is 14.6. The largest absolute Gasteiger partial charge is 0.595 e. The monoisotopic (exact) mass is 446 g/mol. The van der Waals surface area contributed by atoms with Gasteiger partial charge in [0.2, 0.25) is 0 Å². The number of ether oxygens (including phenoxy) is 6. The Balaban J connectivity index is 1.90.